The Morgan fingerprint density at radius 3 is 2.71 bits per heavy atom. The molecule has 2 aromatic carbocycles. The molecule has 0 aliphatic carbocycles. The summed E-state index contributed by atoms with van der Waals surface area (Å²) < 4.78 is 20.1. The molecule has 0 bridgehead atoms. The molecule has 6 heteroatoms. The summed E-state index contributed by atoms with van der Waals surface area (Å²) >= 11 is 0. The van der Waals surface area contributed by atoms with Gasteiger partial charge in [-0.3, -0.25) is 4.79 Å². The number of anilines is 1. The van der Waals surface area contributed by atoms with Crippen molar-refractivity contribution in [2.45, 2.75) is 6.92 Å². The van der Waals surface area contributed by atoms with Crippen molar-refractivity contribution in [2.75, 3.05) is 19.1 Å². The summed E-state index contributed by atoms with van der Waals surface area (Å²) in [5.41, 5.74) is 5.60. The number of nitrogens with zero attached hydrogens (tertiary/aromatic N) is 2. The maximum absolute atomic E-state index is 14.9. The average molecular weight is 415 g/mol. The third kappa shape index (κ3) is 3.68. The number of aromatic nitrogens is 2. The molecule has 0 saturated heterocycles. The Morgan fingerprint density at radius 1 is 1.19 bits per heavy atom. The Kier molecular flexibility index (Phi) is 5.29. The second-order valence-electron chi connectivity index (χ2n) is 7.30. The van der Waals surface area contributed by atoms with Crippen molar-refractivity contribution in [2.24, 2.45) is 0 Å². The molecule has 2 aromatic heterocycles. The van der Waals surface area contributed by atoms with Crippen molar-refractivity contribution in [3.8, 4) is 28.0 Å². The van der Waals surface area contributed by atoms with E-state index in [0.29, 0.717) is 5.56 Å². The van der Waals surface area contributed by atoms with Gasteiger partial charge in [-0.2, -0.15) is 0 Å². The molecule has 0 atom stereocenters. The highest BCUT2D eigenvalue weighted by Crippen LogP contribution is 2.36. The fourth-order valence-electron chi connectivity index (χ4n) is 3.61. The maximum Gasteiger partial charge on any atom is 0.250 e. The number of aromatic amines is 1. The van der Waals surface area contributed by atoms with E-state index in [9.17, 15) is 9.18 Å². The fourth-order valence-corrected chi connectivity index (χ4v) is 3.61. The van der Waals surface area contributed by atoms with Crippen LogP contribution in [0.25, 0.3) is 33.3 Å². The van der Waals surface area contributed by atoms with Crippen molar-refractivity contribution < 1.29 is 13.9 Å². The third-order valence-corrected chi connectivity index (χ3v) is 5.30. The van der Waals surface area contributed by atoms with Gasteiger partial charge in [-0.25, -0.2) is 9.37 Å². The largest absolute Gasteiger partial charge is 0.494 e. The first-order valence-electron chi connectivity index (χ1n) is 9.75. The number of carbonyl (C=O) groups is 1. The van der Waals surface area contributed by atoms with Gasteiger partial charge in [-0.1, -0.05) is 36.4 Å². The van der Waals surface area contributed by atoms with Crippen molar-refractivity contribution >= 4 is 22.6 Å². The number of pyridine rings is 1. The van der Waals surface area contributed by atoms with Crippen LogP contribution in [0.5, 0.6) is 5.75 Å². The highest BCUT2D eigenvalue weighted by Gasteiger charge is 2.19. The lowest BCUT2D eigenvalue weighted by Gasteiger charge is -2.19. The monoisotopic (exact) mass is 415 g/mol. The summed E-state index contributed by atoms with van der Waals surface area (Å²) in [6.07, 6.45) is 4.79. The lowest BCUT2D eigenvalue weighted by atomic mass is 10.0. The molecule has 0 aliphatic rings. The van der Waals surface area contributed by atoms with E-state index in [-0.39, 0.29) is 11.4 Å². The van der Waals surface area contributed by atoms with Crippen LogP contribution in [0.1, 0.15) is 5.56 Å². The topological polar surface area (TPSA) is 58.2 Å². The van der Waals surface area contributed by atoms with E-state index < -0.39 is 11.7 Å². The van der Waals surface area contributed by atoms with Crippen LogP contribution in [-0.4, -0.2) is 30.0 Å². The maximum atomic E-state index is 14.9. The van der Waals surface area contributed by atoms with Gasteiger partial charge < -0.3 is 14.6 Å². The number of benzene rings is 2. The molecule has 4 aromatic rings. The molecule has 156 valence electrons. The minimum Gasteiger partial charge on any atom is -0.494 e. The second kappa shape index (κ2) is 8.07. The van der Waals surface area contributed by atoms with Gasteiger partial charge >= 0.3 is 0 Å². The number of carbonyl (C=O) groups excluding carboxylic acids is 1. The molecule has 0 unspecified atom stereocenters. The van der Waals surface area contributed by atoms with E-state index in [1.807, 2.05) is 18.3 Å². The molecular formula is C25H22FN3O2. The Labute approximate surface area is 179 Å². The summed E-state index contributed by atoms with van der Waals surface area (Å²) in [6, 6.07) is 13.5. The number of fused-ring (bicyclic) bond motifs is 1. The molecule has 31 heavy (non-hydrogen) atoms. The number of aryl methyl sites for hydroxylation is 1. The lowest BCUT2D eigenvalue weighted by molar-refractivity contribution is -0.113. The molecule has 1 amide bonds. The molecule has 0 saturated carbocycles. The highest BCUT2D eigenvalue weighted by molar-refractivity contribution is 6.01. The normalized spacial score (nSPS) is 10.8. The average Bonchev–Trinajstić information content (AvgIpc) is 3.21. The van der Waals surface area contributed by atoms with E-state index in [1.54, 1.807) is 18.3 Å². The number of H-pyrrole nitrogens is 1. The minimum atomic E-state index is -0.611. The van der Waals surface area contributed by atoms with Gasteiger partial charge in [0.1, 0.15) is 5.65 Å². The Morgan fingerprint density at radius 2 is 2.00 bits per heavy atom. The van der Waals surface area contributed by atoms with Crippen LogP contribution in [0.3, 0.4) is 0 Å². The first kappa shape index (κ1) is 20.3. The van der Waals surface area contributed by atoms with Gasteiger partial charge in [0, 0.05) is 36.0 Å². The zero-order valence-electron chi connectivity index (χ0n) is 17.6. The van der Waals surface area contributed by atoms with Gasteiger partial charge in [0.15, 0.2) is 11.6 Å². The van der Waals surface area contributed by atoms with E-state index >= 15 is 0 Å². The Hall–Kier alpha value is -3.93. The first-order chi connectivity index (χ1) is 14.9. The van der Waals surface area contributed by atoms with Crippen LogP contribution in [-0.2, 0) is 4.79 Å². The summed E-state index contributed by atoms with van der Waals surface area (Å²) in [5, 5.41) is 0.948. The molecule has 0 aliphatic heterocycles. The van der Waals surface area contributed by atoms with Crippen molar-refractivity contribution in [3.63, 3.8) is 0 Å². The number of nitrogens with one attached hydrogen (secondary N) is 1. The molecule has 0 radical (unpaired) electrons. The number of methoxy groups -OCH3 is 1. The van der Waals surface area contributed by atoms with Crippen molar-refractivity contribution in [1.82, 2.24) is 9.97 Å². The van der Waals surface area contributed by atoms with E-state index in [2.05, 4.69) is 41.7 Å². The van der Waals surface area contributed by atoms with Crippen molar-refractivity contribution in [1.29, 1.82) is 0 Å². The number of rotatable bonds is 5. The van der Waals surface area contributed by atoms with Gasteiger partial charge in [0.25, 0.3) is 0 Å². The molecule has 0 fully saturated rings. The SMILES string of the molecule is C=CC(=O)N(C)c1cc(-c2cnc3[nH]cc(-c4cccc(C)c4)c3c2)cc(OC)c1F. The van der Waals surface area contributed by atoms with Crippen LogP contribution in [0.4, 0.5) is 10.1 Å². The second-order valence-corrected chi connectivity index (χ2v) is 7.30. The molecule has 5 nitrogen and oxygen atoms in total. The highest BCUT2D eigenvalue weighted by atomic mass is 19.1. The number of halogens is 1. The smallest absolute Gasteiger partial charge is 0.250 e. The molecular weight excluding hydrogens is 393 g/mol. The molecule has 0 spiro atoms. The number of hydrogen-bond acceptors (Lipinski definition) is 3. The predicted octanol–water partition coefficient (Wildman–Crippen LogP) is 5.50. The minimum absolute atomic E-state index is 0.0456. The predicted molar refractivity (Wildman–Crippen MR) is 122 cm³/mol. The zero-order valence-corrected chi connectivity index (χ0v) is 17.6. The van der Waals surface area contributed by atoms with Crippen LogP contribution in [0, 0.1) is 12.7 Å². The van der Waals surface area contributed by atoms with Gasteiger partial charge in [-0.05, 0) is 42.3 Å². The quantitative estimate of drug-likeness (QED) is 0.438. The van der Waals surface area contributed by atoms with Crippen LogP contribution in [0.15, 0.2) is 67.5 Å². The Balaban J connectivity index is 1.88. The third-order valence-electron chi connectivity index (χ3n) is 5.30. The molecule has 2 heterocycles. The number of hydrogen-bond donors (Lipinski definition) is 1. The van der Waals surface area contributed by atoms with Crippen LogP contribution in [0.2, 0.25) is 0 Å². The van der Waals surface area contributed by atoms with Gasteiger partial charge in [0.05, 0.1) is 12.8 Å². The fraction of sp³-hybridized carbons (Fsp3) is 0.120. The lowest BCUT2D eigenvalue weighted by Crippen LogP contribution is -2.25. The van der Waals surface area contributed by atoms with E-state index in [1.165, 1.54) is 24.6 Å². The summed E-state index contributed by atoms with van der Waals surface area (Å²) in [6.45, 7) is 5.53. The van der Waals surface area contributed by atoms with Crippen LogP contribution >= 0.6 is 0 Å². The zero-order chi connectivity index (χ0) is 22.1. The number of likely N-dealkylation sites (N-methyl/N-ethyl adjacent to an activating group) is 1. The summed E-state index contributed by atoms with van der Waals surface area (Å²) in [5.74, 6) is -0.983. The summed E-state index contributed by atoms with van der Waals surface area (Å²) in [4.78, 5) is 21.0. The first-order valence-corrected chi connectivity index (χ1v) is 9.75. The molecule has 4 rings (SSSR count). The summed E-state index contributed by atoms with van der Waals surface area (Å²) in [7, 11) is 2.89. The van der Waals surface area contributed by atoms with Crippen LogP contribution < -0.4 is 9.64 Å². The van der Waals surface area contributed by atoms with E-state index in [0.717, 1.165) is 33.8 Å². The van der Waals surface area contributed by atoms with E-state index in [4.69, 9.17) is 4.74 Å². The Bertz CT molecular complexity index is 1310. The number of ether oxygens (including phenoxy) is 1. The van der Waals surface area contributed by atoms with Crippen molar-refractivity contribution in [3.05, 3.63) is 78.9 Å². The standard InChI is InChI=1S/C25H22FN3O2/c1-5-23(30)29(3)21-11-17(12-22(31-4)24(21)26)18-10-19-20(14-28-25(19)27-13-18)16-8-6-7-15(2)9-16/h5-14H,1H2,2-4H3,(H,27,28). The van der Waals surface area contributed by atoms with Gasteiger partial charge in [-0.15, -0.1) is 0 Å². The van der Waals surface area contributed by atoms with Gasteiger partial charge in [0.2, 0.25) is 5.91 Å². The molecule has 1 N–H and O–H groups in total. The number of amides is 1.